The maximum absolute atomic E-state index is 14.8. The number of rotatable bonds is 5. The fraction of sp³-hybridized carbons (Fsp3) is 0.286. The highest BCUT2D eigenvalue weighted by Crippen LogP contribution is 2.40. The third kappa shape index (κ3) is 3.02. The molecule has 0 unspecified atom stereocenters. The van der Waals surface area contributed by atoms with Crippen LogP contribution in [0, 0.1) is 0 Å². The summed E-state index contributed by atoms with van der Waals surface area (Å²) in [6.07, 6.45) is 4.17. The third-order valence-electron chi connectivity index (χ3n) is 5.29. The molecule has 1 aliphatic carbocycles. The van der Waals surface area contributed by atoms with E-state index in [9.17, 15) is 9.50 Å². The van der Waals surface area contributed by atoms with Gasteiger partial charge < -0.3 is 15.4 Å². The highest BCUT2D eigenvalue weighted by Gasteiger charge is 2.37. The summed E-state index contributed by atoms with van der Waals surface area (Å²) in [5.74, 6) is 0. The summed E-state index contributed by atoms with van der Waals surface area (Å²) in [4.78, 5) is 0.357. The molecule has 5 heteroatoms. The number of aliphatic hydroxyl groups is 1. The zero-order chi connectivity index (χ0) is 18.3. The number of fused-ring (bicyclic) bond motifs is 1. The molecule has 3 N–H and O–H groups in total. The molecule has 0 spiro atoms. The number of alkyl halides is 1. The van der Waals surface area contributed by atoms with Crippen LogP contribution in [0.15, 0.2) is 48.7 Å². The van der Waals surface area contributed by atoms with Crippen LogP contribution in [-0.4, -0.2) is 20.3 Å². The number of benzene rings is 2. The molecular formula is C21H21FN2OS. The van der Waals surface area contributed by atoms with Crippen molar-refractivity contribution < 1.29 is 9.50 Å². The van der Waals surface area contributed by atoms with E-state index in [4.69, 9.17) is 18.0 Å². The van der Waals surface area contributed by atoms with E-state index in [1.807, 2.05) is 53.2 Å². The Hall–Kier alpha value is -2.24. The number of nitrogens with zero attached hydrogens (tertiary/aromatic N) is 1. The standard InChI is InChI=1S/C21H21FN2OS/c22-21(7-2-8-21)13-24-11-18(15-3-1-4-16(10-15)20(23)26)17-6-5-14(12-25)9-19(17)24/h1,3-6,9-11,25H,2,7-8,12-13H2,(H2,23,26). The van der Waals surface area contributed by atoms with Crippen molar-refractivity contribution in [2.24, 2.45) is 5.73 Å². The molecule has 0 atom stereocenters. The minimum Gasteiger partial charge on any atom is -0.392 e. The van der Waals surface area contributed by atoms with Crippen molar-refractivity contribution in [1.82, 2.24) is 4.57 Å². The largest absolute Gasteiger partial charge is 0.392 e. The third-order valence-corrected chi connectivity index (χ3v) is 5.53. The first-order valence-corrected chi connectivity index (χ1v) is 9.22. The molecule has 1 saturated carbocycles. The molecule has 134 valence electrons. The highest BCUT2D eigenvalue weighted by atomic mass is 32.1. The van der Waals surface area contributed by atoms with Gasteiger partial charge in [0.1, 0.15) is 10.7 Å². The number of hydrogen-bond acceptors (Lipinski definition) is 2. The van der Waals surface area contributed by atoms with Crippen molar-refractivity contribution in [3.8, 4) is 11.1 Å². The van der Waals surface area contributed by atoms with Gasteiger partial charge in [-0.3, -0.25) is 0 Å². The summed E-state index contributed by atoms with van der Waals surface area (Å²) in [6, 6.07) is 13.6. The average molecular weight is 368 g/mol. The highest BCUT2D eigenvalue weighted by molar-refractivity contribution is 7.80. The van der Waals surface area contributed by atoms with Crippen LogP contribution in [-0.2, 0) is 13.2 Å². The minimum atomic E-state index is -1.13. The molecule has 2 aromatic carbocycles. The van der Waals surface area contributed by atoms with Crippen LogP contribution in [0.2, 0.25) is 0 Å². The number of halogens is 1. The summed E-state index contributed by atoms with van der Waals surface area (Å²) in [6.45, 7) is 0.307. The zero-order valence-electron chi connectivity index (χ0n) is 14.4. The van der Waals surface area contributed by atoms with Gasteiger partial charge >= 0.3 is 0 Å². The lowest BCUT2D eigenvalue weighted by Crippen LogP contribution is -2.36. The summed E-state index contributed by atoms with van der Waals surface area (Å²) in [5, 5.41) is 10.5. The predicted octanol–water partition coefficient (Wildman–Crippen LogP) is 4.33. The molecule has 0 amide bonds. The van der Waals surface area contributed by atoms with Gasteiger partial charge in [-0.25, -0.2) is 4.39 Å². The normalized spacial score (nSPS) is 15.8. The number of aliphatic hydroxyl groups excluding tert-OH is 1. The second-order valence-electron chi connectivity index (χ2n) is 7.13. The van der Waals surface area contributed by atoms with Crippen LogP contribution in [0.5, 0.6) is 0 Å². The van der Waals surface area contributed by atoms with Gasteiger partial charge in [0.15, 0.2) is 0 Å². The van der Waals surface area contributed by atoms with E-state index in [-0.39, 0.29) is 6.61 Å². The molecule has 0 radical (unpaired) electrons. The molecule has 1 aromatic heterocycles. The lowest BCUT2D eigenvalue weighted by atomic mass is 9.82. The van der Waals surface area contributed by atoms with E-state index >= 15 is 0 Å². The van der Waals surface area contributed by atoms with Crippen LogP contribution < -0.4 is 5.73 Å². The van der Waals surface area contributed by atoms with Crippen molar-refractivity contribution in [3.63, 3.8) is 0 Å². The maximum atomic E-state index is 14.8. The molecule has 3 nitrogen and oxygen atoms in total. The maximum Gasteiger partial charge on any atom is 0.128 e. The second-order valence-corrected chi connectivity index (χ2v) is 7.57. The lowest BCUT2D eigenvalue weighted by molar-refractivity contribution is 0.0456. The van der Waals surface area contributed by atoms with E-state index in [0.717, 1.165) is 39.6 Å². The molecule has 1 aliphatic rings. The first kappa shape index (κ1) is 17.2. The summed E-state index contributed by atoms with van der Waals surface area (Å²) in [7, 11) is 0. The minimum absolute atomic E-state index is 0.0336. The Labute approximate surface area is 157 Å². The number of hydrogen-bond donors (Lipinski definition) is 2. The van der Waals surface area contributed by atoms with Crippen molar-refractivity contribution in [3.05, 3.63) is 59.8 Å². The van der Waals surface area contributed by atoms with E-state index in [1.54, 1.807) is 0 Å². The van der Waals surface area contributed by atoms with Gasteiger partial charge in [0, 0.05) is 28.2 Å². The molecule has 26 heavy (non-hydrogen) atoms. The number of aromatic nitrogens is 1. The van der Waals surface area contributed by atoms with Gasteiger partial charge in [0.2, 0.25) is 0 Å². The molecular weight excluding hydrogens is 347 g/mol. The van der Waals surface area contributed by atoms with Gasteiger partial charge in [0.25, 0.3) is 0 Å². The molecule has 3 aromatic rings. The van der Waals surface area contributed by atoms with Gasteiger partial charge in [0.05, 0.1) is 13.2 Å². The smallest absolute Gasteiger partial charge is 0.128 e. The first-order chi connectivity index (χ1) is 12.5. The van der Waals surface area contributed by atoms with Crippen molar-refractivity contribution in [1.29, 1.82) is 0 Å². The van der Waals surface area contributed by atoms with E-state index in [0.29, 0.717) is 24.4 Å². The summed E-state index contributed by atoms with van der Waals surface area (Å²) in [5.41, 5.74) is 9.24. The quantitative estimate of drug-likeness (QED) is 0.659. The Kier molecular flexibility index (Phi) is 4.29. The van der Waals surface area contributed by atoms with Gasteiger partial charge in [-0.05, 0) is 42.5 Å². The van der Waals surface area contributed by atoms with Crippen molar-refractivity contribution in [2.45, 2.75) is 38.1 Å². The van der Waals surface area contributed by atoms with Gasteiger partial charge in [-0.2, -0.15) is 0 Å². The monoisotopic (exact) mass is 368 g/mol. The fourth-order valence-electron chi connectivity index (χ4n) is 3.66. The second kappa shape index (κ2) is 6.49. The average Bonchev–Trinajstić information content (AvgIpc) is 2.98. The van der Waals surface area contributed by atoms with E-state index < -0.39 is 5.67 Å². The van der Waals surface area contributed by atoms with Gasteiger partial charge in [-0.15, -0.1) is 0 Å². The van der Waals surface area contributed by atoms with Gasteiger partial charge in [-0.1, -0.05) is 42.5 Å². The van der Waals surface area contributed by atoms with Crippen molar-refractivity contribution >= 4 is 28.1 Å². The molecule has 0 aliphatic heterocycles. The molecule has 4 rings (SSSR count). The first-order valence-electron chi connectivity index (χ1n) is 8.81. The molecule has 0 bridgehead atoms. The summed E-state index contributed by atoms with van der Waals surface area (Å²) < 4.78 is 16.8. The Bertz CT molecular complexity index is 991. The topological polar surface area (TPSA) is 51.2 Å². The Morgan fingerprint density at radius 2 is 2.04 bits per heavy atom. The SMILES string of the molecule is NC(=S)c1cccc(-c2cn(CC3(F)CCC3)c3cc(CO)ccc23)c1. The van der Waals surface area contributed by atoms with Crippen LogP contribution in [0.4, 0.5) is 4.39 Å². The molecule has 0 saturated heterocycles. The van der Waals surface area contributed by atoms with Crippen molar-refractivity contribution in [2.75, 3.05) is 0 Å². The number of nitrogens with two attached hydrogens (primary N) is 1. The lowest BCUT2D eigenvalue weighted by Gasteiger charge is -2.34. The van der Waals surface area contributed by atoms with Crippen LogP contribution in [0.1, 0.15) is 30.4 Å². The van der Waals surface area contributed by atoms with Crippen LogP contribution in [0.25, 0.3) is 22.0 Å². The zero-order valence-corrected chi connectivity index (χ0v) is 15.2. The number of thiocarbonyl (C=S) groups is 1. The van der Waals surface area contributed by atoms with E-state index in [2.05, 4.69) is 0 Å². The Balaban J connectivity index is 1.87. The van der Waals surface area contributed by atoms with E-state index in [1.165, 1.54) is 0 Å². The predicted molar refractivity (Wildman–Crippen MR) is 107 cm³/mol. The molecule has 1 fully saturated rings. The van der Waals surface area contributed by atoms with Crippen LogP contribution in [0.3, 0.4) is 0 Å². The Morgan fingerprint density at radius 3 is 2.69 bits per heavy atom. The Morgan fingerprint density at radius 1 is 1.23 bits per heavy atom. The molecule has 1 heterocycles. The summed E-state index contributed by atoms with van der Waals surface area (Å²) >= 11 is 5.10. The fourth-order valence-corrected chi connectivity index (χ4v) is 3.79. The van der Waals surface area contributed by atoms with Crippen LogP contribution >= 0.6 is 12.2 Å².